The Kier molecular flexibility index (Phi) is 3.62. The molecule has 3 nitrogen and oxygen atoms in total. The molecule has 1 aliphatic carbocycles. The Morgan fingerprint density at radius 2 is 1.75 bits per heavy atom. The van der Waals surface area contributed by atoms with Crippen LogP contribution in [0.2, 0.25) is 0 Å². The van der Waals surface area contributed by atoms with E-state index < -0.39 is 17.6 Å². The highest BCUT2D eigenvalue weighted by Crippen LogP contribution is 2.32. The molecule has 0 aromatic carbocycles. The van der Waals surface area contributed by atoms with Crippen LogP contribution in [0.25, 0.3) is 0 Å². The number of carbonyl (C=O) groups is 1. The van der Waals surface area contributed by atoms with E-state index in [1.165, 1.54) is 0 Å². The number of ketones is 1. The molecule has 0 amide bonds. The number of alkyl halides is 3. The quantitative estimate of drug-likeness (QED) is 0.718. The maximum Gasteiger partial charge on any atom is 0.454 e. The number of aliphatic hydroxyl groups is 1. The molecular formula is C10H14F3NO2. The molecular weight excluding hydrogens is 223 g/mol. The third kappa shape index (κ3) is 2.98. The van der Waals surface area contributed by atoms with Crippen molar-refractivity contribution < 1.29 is 23.1 Å². The minimum absolute atomic E-state index is 0.297. The van der Waals surface area contributed by atoms with Gasteiger partial charge in [0.1, 0.15) is 5.60 Å². The molecule has 0 saturated heterocycles. The first-order valence-electron chi connectivity index (χ1n) is 5.07. The second-order valence-corrected chi connectivity index (χ2v) is 4.05. The van der Waals surface area contributed by atoms with Gasteiger partial charge in [-0.05, 0) is 12.8 Å². The summed E-state index contributed by atoms with van der Waals surface area (Å²) in [4.78, 5) is 10.7. The Morgan fingerprint density at radius 3 is 2.19 bits per heavy atom. The summed E-state index contributed by atoms with van der Waals surface area (Å²) < 4.78 is 35.9. The van der Waals surface area contributed by atoms with Crippen molar-refractivity contribution in [1.82, 2.24) is 0 Å². The summed E-state index contributed by atoms with van der Waals surface area (Å²) in [6.45, 7) is 0. The Bertz CT molecular complexity index is 304. The van der Waals surface area contributed by atoms with Gasteiger partial charge in [0.05, 0.1) is 0 Å². The van der Waals surface area contributed by atoms with Gasteiger partial charge in [0.2, 0.25) is 0 Å². The van der Waals surface area contributed by atoms with E-state index in [9.17, 15) is 23.1 Å². The summed E-state index contributed by atoms with van der Waals surface area (Å²) in [5, 5.41) is 9.94. The molecule has 0 atom stereocenters. The topological polar surface area (TPSA) is 63.3 Å². The molecule has 1 saturated carbocycles. The Labute approximate surface area is 91.1 Å². The van der Waals surface area contributed by atoms with Crippen molar-refractivity contribution in [2.75, 3.05) is 0 Å². The fraction of sp³-hybridized carbons (Fsp3) is 0.700. The largest absolute Gasteiger partial charge is 0.454 e. The van der Waals surface area contributed by atoms with Crippen molar-refractivity contribution in [3.8, 4) is 0 Å². The summed E-state index contributed by atoms with van der Waals surface area (Å²) in [7, 11) is 0. The lowest BCUT2D eigenvalue weighted by Gasteiger charge is -2.32. The lowest BCUT2D eigenvalue weighted by Crippen LogP contribution is -2.38. The van der Waals surface area contributed by atoms with E-state index in [-0.39, 0.29) is 5.70 Å². The molecule has 1 aliphatic rings. The van der Waals surface area contributed by atoms with Gasteiger partial charge in [-0.3, -0.25) is 4.79 Å². The predicted molar refractivity (Wildman–Crippen MR) is 51.4 cm³/mol. The fourth-order valence-corrected chi connectivity index (χ4v) is 1.78. The first-order chi connectivity index (χ1) is 7.26. The maximum atomic E-state index is 12.0. The van der Waals surface area contributed by atoms with E-state index in [4.69, 9.17) is 5.73 Å². The monoisotopic (exact) mass is 237 g/mol. The summed E-state index contributed by atoms with van der Waals surface area (Å²) in [6.07, 6.45) is -1.71. The Morgan fingerprint density at radius 1 is 1.25 bits per heavy atom. The molecule has 0 heterocycles. The van der Waals surface area contributed by atoms with E-state index in [0.717, 1.165) is 6.42 Å². The van der Waals surface area contributed by atoms with Gasteiger partial charge in [-0.25, -0.2) is 0 Å². The van der Waals surface area contributed by atoms with Crippen LogP contribution in [0.4, 0.5) is 13.2 Å². The SMILES string of the molecule is N/C(=C\C(=O)C(F)(F)F)C1(O)CCCCC1. The van der Waals surface area contributed by atoms with E-state index in [1.54, 1.807) is 0 Å². The predicted octanol–water partition coefficient (Wildman–Crippen LogP) is 1.66. The van der Waals surface area contributed by atoms with Crippen molar-refractivity contribution in [3.63, 3.8) is 0 Å². The van der Waals surface area contributed by atoms with Crippen molar-refractivity contribution in [2.24, 2.45) is 5.73 Å². The molecule has 0 radical (unpaired) electrons. The minimum atomic E-state index is -4.93. The average Bonchev–Trinajstić information content (AvgIpc) is 2.17. The zero-order chi connectivity index (χ0) is 12.4. The number of hydrogen-bond donors (Lipinski definition) is 2. The normalized spacial score (nSPS) is 21.9. The van der Waals surface area contributed by atoms with Gasteiger partial charge >= 0.3 is 6.18 Å². The van der Waals surface area contributed by atoms with Crippen LogP contribution in [-0.4, -0.2) is 22.7 Å². The maximum absolute atomic E-state index is 12.0. The summed E-state index contributed by atoms with van der Waals surface area (Å²) in [5.41, 5.74) is 3.55. The molecule has 0 aromatic rings. The first-order valence-corrected chi connectivity index (χ1v) is 5.07. The molecule has 92 valence electrons. The molecule has 6 heteroatoms. The fourth-order valence-electron chi connectivity index (χ4n) is 1.78. The van der Waals surface area contributed by atoms with Crippen molar-refractivity contribution in [1.29, 1.82) is 0 Å². The van der Waals surface area contributed by atoms with Crippen LogP contribution in [0, 0.1) is 0 Å². The third-order valence-electron chi connectivity index (χ3n) is 2.78. The lowest BCUT2D eigenvalue weighted by molar-refractivity contribution is -0.165. The van der Waals surface area contributed by atoms with Gasteiger partial charge in [0, 0.05) is 11.8 Å². The summed E-state index contributed by atoms with van der Waals surface area (Å²) in [5.74, 6) is -2.02. The number of allylic oxidation sites excluding steroid dienone is 1. The van der Waals surface area contributed by atoms with E-state index >= 15 is 0 Å². The molecule has 0 spiro atoms. The lowest BCUT2D eigenvalue weighted by atomic mass is 9.82. The highest BCUT2D eigenvalue weighted by molar-refractivity contribution is 5.95. The smallest absolute Gasteiger partial charge is 0.400 e. The van der Waals surface area contributed by atoms with Gasteiger partial charge in [-0.15, -0.1) is 0 Å². The van der Waals surface area contributed by atoms with Crippen LogP contribution >= 0.6 is 0 Å². The number of halogens is 3. The van der Waals surface area contributed by atoms with E-state index in [2.05, 4.69) is 0 Å². The molecule has 0 unspecified atom stereocenters. The molecule has 0 aromatic heterocycles. The van der Waals surface area contributed by atoms with Crippen molar-refractivity contribution in [2.45, 2.75) is 43.9 Å². The van der Waals surface area contributed by atoms with Gasteiger partial charge in [-0.1, -0.05) is 19.3 Å². The highest BCUT2D eigenvalue weighted by Gasteiger charge is 2.39. The van der Waals surface area contributed by atoms with Crippen LogP contribution in [0.5, 0.6) is 0 Å². The first kappa shape index (κ1) is 13.0. The van der Waals surface area contributed by atoms with Crippen molar-refractivity contribution >= 4 is 5.78 Å². The average molecular weight is 237 g/mol. The zero-order valence-electron chi connectivity index (χ0n) is 8.68. The number of nitrogens with two attached hydrogens (primary N) is 1. The van der Waals surface area contributed by atoms with Crippen LogP contribution in [0.15, 0.2) is 11.8 Å². The van der Waals surface area contributed by atoms with E-state index in [1.807, 2.05) is 0 Å². The van der Waals surface area contributed by atoms with Gasteiger partial charge in [-0.2, -0.15) is 13.2 Å². The second kappa shape index (κ2) is 4.45. The molecule has 16 heavy (non-hydrogen) atoms. The van der Waals surface area contributed by atoms with E-state index in [0.29, 0.717) is 31.8 Å². The molecule has 0 bridgehead atoms. The third-order valence-corrected chi connectivity index (χ3v) is 2.78. The minimum Gasteiger partial charge on any atom is -0.400 e. The molecule has 3 N–H and O–H groups in total. The van der Waals surface area contributed by atoms with Crippen molar-refractivity contribution in [3.05, 3.63) is 11.8 Å². The number of carbonyl (C=O) groups excluding carboxylic acids is 1. The number of rotatable bonds is 2. The van der Waals surface area contributed by atoms with Crippen LogP contribution in [0.1, 0.15) is 32.1 Å². The molecule has 1 rings (SSSR count). The number of hydrogen-bond acceptors (Lipinski definition) is 3. The Balaban J connectivity index is 2.79. The zero-order valence-corrected chi connectivity index (χ0v) is 8.68. The van der Waals surface area contributed by atoms with Crippen LogP contribution in [0.3, 0.4) is 0 Å². The van der Waals surface area contributed by atoms with Gasteiger partial charge < -0.3 is 10.8 Å². The summed E-state index contributed by atoms with van der Waals surface area (Å²) >= 11 is 0. The second-order valence-electron chi connectivity index (χ2n) is 4.05. The van der Waals surface area contributed by atoms with Gasteiger partial charge in [0.15, 0.2) is 0 Å². The highest BCUT2D eigenvalue weighted by atomic mass is 19.4. The standard InChI is InChI=1S/C10H14F3NO2/c11-10(12,13)8(15)6-7(14)9(16)4-2-1-3-5-9/h6,16H,1-5,14H2/b7-6-. The summed E-state index contributed by atoms with van der Waals surface area (Å²) in [6, 6.07) is 0. The molecule has 0 aliphatic heterocycles. The van der Waals surface area contributed by atoms with Gasteiger partial charge in [0.25, 0.3) is 5.78 Å². The Hall–Kier alpha value is -1.04. The molecule has 1 fully saturated rings. The van der Waals surface area contributed by atoms with Crippen LogP contribution < -0.4 is 5.73 Å². The van der Waals surface area contributed by atoms with Crippen LogP contribution in [-0.2, 0) is 4.79 Å².